The minimum Gasteiger partial charge on any atom is -0.378 e. The highest BCUT2D eigenvalue weighted by Crippen LogP contribution is 2.21. The van der Waals surface area contributed by atoms with Gasteiger partial charge in [-0.05, 0) is 38.2 Å². The fourth-order valence-electron chi connectivity index (χ4n) is 3.57. The number of nitrogens with zero attached hydrogens (tertiary/aromatic N) is 5. The zero-order chi connectivity index (χ0) is 17.9. The number of anilines is 1. The van der Waals surface area contributed by atoms with Gasteiger partial charge < -0.3 is 10.1 Å². The summed E-state index contributed by atoms with van der Waals surface area (Å²) in [6.07, 6.45) is 7.22. The Morgan fingerprint density at radius 2 is 2.08 bits per heavy atom. The van der Waals surface area contributed by atoms with Crippen molar-refractivity contribution < 1.29 is 4.74 Å². The molecule has 3 heterocycles. The fraction of sp³-hybridized carbons (Fsp3) is 0.474. The van der Waals surface area contributed by atoms with Gasteiger partial charge in [0.25, 0.3) is 0 Å². The summed E-state index contributed by atoms with van der Waals surface area (Å²) in [4.78, 5) is 14.0. The van der Waals surface area contributed by atoms with Gasteiger partial charge in [0.05, 0.1) is 18.5 Å². The van der Waals surface area contributed by atoms with Gasteiger partial charge in [-0.3, -0.25) is 0 Å². The Morgan fingerprint density at radius 1 is 1.19 bits per heavy atom. The number of ether oxygens (including phenoxy) is 1. The van der Waals surface area contributed by atoms with Crippen molar-refractivity contribution >= 4 is 11.5 Å². The summed E-state index contributed by atoms with van der Waals surface area (Å²) < 4.78 is 7.01. The Balaban J connectivity index is 1.49. The van der Waals surface area contributed by atoms with Crippen LogP contribution in [0, 0.1) is 6.92 Å². The van der Waals surface area contributed by atoms with Gasteiger partial charge >= 0.3 is 0 Å². The minimum atomic E-state index is 0.476. The Kier molecular flexibility index (Phi) is 4.79. The molecule has 0 saturated heterocycles. The summed E-state index contributed by atoms with van der Waals surface area (Å²) in [6.45, 7) is 3.32. The molecule has 136 valence electrons. The highest BCUT2D eigenvalue weighted by atomic mass is 16.5. The van der Waals surface area contributed by atoms with Gasteiger partial charge in [0.15, 0.2) is 5.65 Å². The van der Waals surface area contributed by atoms with Gasteiger partial charge in [0.2, 0.25) is 0 Å². The maximum absolute atomic E-state index is 5.21. The van der Waals surface area contributed by atoms with Crippen molar-refractivity contribution in [3.8, 4) is 0 Å². The number of hydrogen-bond donors (Lipinski definition) is 1. The van der Waals surface area contributed by atoms with Crippen molar-refractivity contribution in [3.05, 3.63) is 46.8 Å². The number of methoxy groups -OCH3 is 1. The first kappa shape index (κ1) is 16.9. The van der Waals surface area contributed by atoms with Crippen LogP contribution in [0.2, 0.25) is 0 Å². The maximum atomic E-state index is 5.21. The largest absolute Gasteiger partial charge is 0.378 e. The molecule has 26 heavy (non-hydrogen) atoms. The molecule has 0 radical (unpaired) electrons. The molecule has 0 spiro atoms. The average molecular weight is 352 g/mol. The first-order valence-corrected chi connectivity index (χ1v) is 9.16. The molecular weight excluding hydrogens is 328 g/mol. The molecule has 0 atom stereocenters. The van der Waals surface area contributed by atoms with Crippen molar-refractivity contribution in [1.82, 2.24) is 24.6 Å². The molecule has 0 bridgehead atoms. The van der Waals surface area contributed by atoms with Crippen LogP contribution in [-0.2, 0) is 30.6 Å². The topological polar surface area (TPSA) is 77.2 Å². The quantitative estimate of drug-likeness (QED) is 0.734. The lowest BCUT2D eigenvalue weighted by molar-refractivity contribution is 0.181. The first-order valence-electron chi connectivity index (χ1n) is 9.16. The SMILES string of the molecule is COCc1cc(NCCc2nc(C)c3c(n2)CCCC3)n2nccc2n1. The number of hydrogen-bond acceptors (Lipinski definition) is 6. The van der Waals surface area contributed by atoms with E-state index in [1.165, 1.54) is 24.1 Å². The van der Waals surface area contributed by atoms with Crippen molar-refractivity contribution in [1.29, 1.82) is 0 Å². The number of nitrogens with one attached hydrogen (secondary N) is 1. The van der Waals surface area contributed by atoms with Crippen molar-refractivity contribution in [3.63, 3.8) is 0 Å². The average Bonchev–Trinajstić information content (AvgIpc) is 3.11. The van der Waals surface area contributed by atoms with Gasteiger partial charge in [-0.2, -0.15) is 9.61 Å². The van der Waals surface area contributed by atoms with E-state index in [4.69, 9.17) is 14.7 Å². The molecule has 1 aliphatic rings. The van der Waals surface area contributed by atoms with E-state index in [1.807, 2.05) is 12.1 Å². The standard InChI is InChI=1S/C19H24N6O/c1-13-15-5-3-4-6-16(15)24-17(22-13)7-9-20-19-11-14(12-26-2)23-18-8-10-21-25(18)19/h8,10-11,20H,3-7,9,12H2,1-2H3. The number of rotatable bonds is 6. The lowest BCUT2D eigenvalue weighted by atomic mass is 9.95. The number of fused-ring (bicyclic) bond motifs is 2. The van der Waals surface area contributed by atoms with Crippen LogP contribution >= 0.6 is 0 Å². The third kappa shape index (κ3) is 3.39. The molecule has 0 aliphatic heterocycles. The van der Waals surface area contributed by atoms with Crippen molar-refractivity contribution in [2.24, 2.45) is 0 Å². The Hall–Kier alpha value is -2.54. The molecule has 4 rings (SSSR count). The second-order valence-electron chi connectivity index (χ2n) is 6.70. The highest BCUT2D eigenvalue weighted by Gasteiger charge is 2.15. The Morgan fingerprint density at radius 3 is 2.96 bits per heavy atom. The minimum absolute atomic E-state index is 0.476. The van der Waals surface area contributed by atoms with Gasteiger partial charge in [-0.15, -0.1) is 0 Å². The summed E-state index contributed by atoms with van der Waals surface area (Å²) in [5, 5.41) is 7.78. The molecular formula is C19H24N6O. The van der Waals surface area contributed by atoms with E-state index in [0.717, 1.165) is 54.5 Å². The van der Waals surface area contributed by atoms with Crippen molar-refractivity contribution in [2.75, 3.05) is 19.0 Å². The molecule has 3 aromatic heterocycles. The molecule has 1 N–H and O–H groups in total. The van der Waals surface area contributed by atoms with E-state index in [9.17, 15) is 0 Å². The van der Waals surface area contributed by atoms with Crippen LogP contribution in [0.3, 0.4) is 0 Å². The summed E-state index contributed by atoms with van der Waals surface area (Å²) >= 11 is 0. The van der Waals surface area contributed by atoms with Crippen LogP contribution in [0.1, 0.15) is 41.3 Å². The zero-order valence-corrected chi connectivity index (χ0v) is 15.3. The zero-order valence-electron chi connectivity index (χ0n) is 15.3. The Bertz CT molecular complexity index is 920. The number of aromatic nitrogens is 5. The van der Waals surface area contributed by atoms with Gasteiger partial charge in [0.1, 0.15) is 11.6 Å². The van der Waals surface area contributed by atoms with Crippen LogP contribution in [0.4, 0.5) is 5.82 Å². The lowest BCUT2D eigenvalue weighted by Crippen LogP contribution is -2.15. The van der Waals surface area contributed by atoms with Gasteiger partial charge in [-0.1, -0.05) is 0 Å². The van der Waals surface area contributed by atoms with Gasteiger partial charge in [-0.25, -0.2) is 15.0 Å². The third-order valence-corrected chi connectivity index (χ3v) is 4.80. The second kappa shape index (κ2) is 7.37. The third-order valence-electron chi connectivity index (χ3n) is 4.80. The molecule has 3 aromatic rings. The highest BCUT2D eigenvalue weighted by molar-refractivity contribution is 5.49. The van der Waals surface area contributed by atoms with Crippen LogP contribution in [0.5, 0.6) is 0 Å². The summed E-state index contributed by atoms with van der Waals surface area (Å²) in [6, 6.07) is 3.86. The van der Waals surface area contributed by atoms with E-state index in [2.05, 4.69) is 22.3 Å². The molecule has 0 amide bonds. The molecule has 0 fully saturated rings. The first-order chi connectivity index (χ1) is 12.7. The van der Waals surface area contributed by atoms with Crippen LogP contribution < -0.4 is 5.32 Å². The molecule has 0 aromatic carbocycles. The smallest absolute Gasteiger partial charge is 0.157 e. The fourth-order valence-corrected chi connectivity index (χ4v) is 3.57. The predicted molar refractivity (Wildman–Crippen MR) is 99.3 cm³/mol. The van der Waals surface area contributed by atoms with Crippen LogP contribution in [0.25, 0.3) is 5.65 Å². The monoisotopic (exact) mass is 352 g/mol. The van der Waals surface area contributed by atoms with E-state index < -0.39 is 0 Å². The van der Waals surface area contributed by atoms with Gasteiger partial charge in [0, 0.05) is 43.6 Å². The van der Waals surface area contributed by atoms with E-state index >= 15 is 0 Å². The molecule has 0 saturated carbocycles. The second-order valence-corrected chi connectivity index (χ2v) is 6.70. The normalized spacial score (nSPS) is 13.8. The summed E-state index contributed by atoms with van der Waals surface area (Å²) in [7, 11) is 1.67. The molecule has 7 nitrogen and oxygen atoms in total. The summed E-state index contributed by atoms with van der Waals surface area (Å²) in [5.74, 6) is 1.82. The van der Waals surface area contributed by atoms with E-state index in [0.29, 0.717) is 6.61 Å². The lowest BCUT2D eigenvalue weighted by Gasteiger charge is -2.17. The maximum Gasteiger partial charge on any atom is 0.157 e. The van der Waals surface area contributed by atoms with Crippen LogP contribution in [-0.4, -0.2) is 38.2 Å². The summed E-state index contributed by atoms with van der Waals surface area (Å²) in [5.41, 5.74) is 5.45. The molecule has 7 heteroatoms. The van der Waals surface area contributed by atoms with E-state index in [1.54, 1.807) is 17.8 Å². The Labute approximate surface area is 152 Å². The molecule has 0 unspecified atom stereocenters. The van der Waals surface area contributed by atoms with E-state index in [-0.39, 0.29) is 0 Å². The molecule has 1 aliphatic carbocycles. The van der Waals surface area contributed by atoms with Crippen LogP contribution in [0.15, 0.2) is 18.3 Å². The predicted octanol–water partition coefficient (Wildman–Crippen LogP) is 2.51. The number of aryl methyl sites for hydroxylation is 2. The van der Waals surface area contributed by atoms with Crippen molar-refractivity contribution in [2.45, 2.75) is 45.6 Å².